The Bertz CT molecular complexity index is 1180. The summed E-state index contributed by atoms with van der Waals surface area (Å²) >= 11 is 0. The monoisotopic (exact) mass is 323 g/mol. The molecule has 3 heteroatoms. The van der Waals surface area contributed by atoms with Crippen molar-refractivity contribution in [3.63, 3.8) is 0 Å². The van der Waals surface area contributed by atoms with Crippen molar-refractivity contribution >= 4 is 27.5 Å². The highest BCUT2D eigenvalue weighted by atomic mass is 14.7. The molecule has 2 heterocycles. The van der Waals surface area contributed by atoms with Gasteiger partial charge in [0.05, 0.1) is 17.2 Å². The zero-order chi connectivity index (χ0) is 17.4. The van der Waals surface area contributed by atoms with Crippen molar-refractivity contribution in [1.29, 1.82) is 0 Å². The Morgan fingerprint density at radius 2 is 1.80 bits per heavy atom. The molecule has 0 amide bonds. The van der Waals surface area contributed by atoms with Crippen LogP contribution in [-0.2, 0) is 0 Å². The lowest BCUT2D eigenvalue weighted by atomic mass is 10.1. The van der Waals surface area contributed by atoms with E-state index in [2.05, 4.69) is 53.9 Å². The van der Waals surface area contributed by atoms with Crippen LogP contribution in [0.2, 0.25) is 0 Å². The number of nitrogens with two attached hydrogens (primary N) is 1. The number of pyridine rings is 2. The second kappa shape index (κ2) is 5.92. The average molecular weight is 323 g/mol. The van der Waals surface area contributed by atoms with Crippen LogP contribution in [0, 0.1) is 25.7 Å². The third-order valence-electron chi connectivity index (χ3n) is 4.30. The van der Waals surface area contributed by atoms with Gasteiger partial charge in [-0.25, -0.2) is 4.98 Å². The highest BCUT2D eigenvalue weighted by Crippen LogP contribution is 2.27. The largest absolute Gasteiger partial charge is 0.398 e. The maximum absolute atomic E-state index is 6.13. The predicted molar refractivity (Wildman–Crippen MR) is 103 cm³/mol. The Labute approximate surface area is 146 Å². The molecule has 120 valence electrons. The zero-order valence-electron chi connectivity index (χ0n) is 14.2. The summed E-state index contributed by atoms with van der Waals surface area (Å²) in [5.41, 5.74) is 12.7. The number of hydrogen-bond acceptors (Lipinski definition) is 3. The number of nitrogen functional groups attached to an aromatic ring is 1. The third kappa shape index (κ3) is 2.79. The SMILES string of the molecule is Cc1ccc(C#Cc2ccc3c(cnc4cccc(N)c43)n2)c(C)c1. The summed E-state index contributed by atoms with van der Waals surface area (Å²) in [7, 11) is 0. The number of fused-ring (bicyclic) bond motifs is 3. The summed E-state index contributed by atoms with van der Waals surface area (Å²) < 4.78 is 0. The molecule has 0 bridgehead atoms. The van der Waals surface area contributed by atoms with Gasteiger partial charge in [-0.3, -0.25) is 4.98 Å². The number of benzene rings is 2. The average Bonchev–Trinajstić information content (AvgIpc) is 2.60. The molecule has 2 N–H and O–H groups in total. The van der Waals surface area contributed by atoms with Gasteiger partial charge in [-0.1, -0.05) is 29.7 Å². The van der Waals surface area contributed by atoms with Crippen molar-refractivity contribution in [2.75, 3.05) is 5.73 Å². The van der Waals surface area contributed by atoms with Crippen LogP contribution in [-0.4, -0.2) is 9.97 Å². The minimum Gasteiger partial charge on any atom is -0.398 e. The first-order valence-corrected chi connectivity index (χ1v) is 8.15. The van der Waals surface area contributed by atoms with E-state index in [1.54, 1.807) is 6.20 Å². The van der Waals surface area contributed by atoms with E-state index in [-0.39, 0.29) is 0 Å². The fourth-order valence-electron chi connectivity index (χ4n) is 3.03. The first-order valence-electron chi connectivity index (χ1n) is 8.15. The van der Waals surface area contributed by atoms with Gasteiger partial charge >= 0.3 is 0 Å². The molecule has 0 fully saturated rings. The van der Waals surface area contributed by atoms with Crippen LogP contribution in [0.15, 0.2) is 54.7 Å². The Morgan fingerprint density at radius 1 is 0.920 bits per heavy atom. The van der Waals surface area contributed by atoms with Gasteiger partial charge in [0.25, 0.3) is 0 Å². The van der Waals surface area contributed by atoms with Crippen LogP contribution in [0.25, 0.3) is 21.8 Å². The van der Waals surface area contributed by atoms with Crippen molar-refractivity contribution in [3.8, 4) is 11.8 Å². The molecule has 0 aliphatic heterocycles. The molecular formula is C22H17N3. The van der Waals surface area contributed by atoms with E-state index in [1.165, 1.54) is 11.1 Å². The van der Waals surface area contributed by atoms with Crippen LogP contribution >= 0.6 is 0 Å². The molecule has 3 nitrogen and oxygen atoms in total. The molecule has 0 aliphatic rings. The molecule has 4 aromatic rings. The first kappa shape index (κ1) is 15.2. The lowest BCUT2D eigenvalue weighted by Gasteiger charge is -2.05. The summed E-state index contributed by atoms with van der Waals surface area (Å²) in [5.74, 6) is 6.37. The van der Waals surface area contributed by atoms with Crippen molar-refractivity contribution in [2.24, 2.45) is 0 Å². The van der Waals surface area contributed by atoms with Gasteiger partial charge in [0.15, 0.2) is 0 Å². The Balaban J connectivity index is 1.82. The van der Waals surface area contributed by atoms with Gasteiger partial charge < -0.3 is 5.73 Å². The quantitative estimate of drug-likeness (QED) is 0.297. The number of aromatic nitrogens is 2. The maximum atomic E-state index is 6.13. The number of hydrogen-bond donors (Lipinski definition) is 1. The zero-order valence-corrected chi connectivity index (χ0v) is 14.2. The summed E-state index contributed by atoms with van der Waals surface area (Å²) in [6.07, 6.45) is 1.78. The lowest BCUT2D eigenvalue weighted by molar-refractivity contribution is 1.32. The molecule has 25 heavy (non-hydrogen) atoms. The number of nitrogens with zero attached hydrogens (tertiary/aromatic N) is 2. The molecular weight excluding hydrogens is 306 g/mol. The summed E-state index contributed by atoms with van der Waals surface area (Å²) in [6, 6.07) is 16.0. The first-order chi connectivity index (χ1) is 12.1. The second-order valence-corrected chi connectivity index (χ2v) is 6.20. The van der Waals surface area contributed by atoms with Crippen molar-refractivity contribution in [2.45, 2.75) is 13.8 Å². The van der Waals surface area contributed by atoms with Gasteiger partial charge in [-0.15, -0.1) is 0 Å². The number of rotatable bonds is 0. The van der Waals surface area contributed by atoms with E-state index in [0.717, 1.165) is 33.1 Å². The van der Waals surface area contributed by atoms with Gasteiger partial charge in [-0.05, 0) is 55.7 Å². The second-order valence-electron chi connectivity index (χ2n) is 6.20. The molecule has 0 unspecified atom stereocenters. The highest BCUT2D eigenvalue weighted by molar-refractivity contribution is 6.10. The van der Waals surface area contributed by atoms with Crippen LogP contribution in [0.5, 0.6) is 0 Å². The summed E-state index contributed by atoms with van der Waals surface area (Å²) in [5, 5.41) is 1.95. The fourth-order valence-corrected chi connectivity index (χ4v) is 3.03. The normalized spacial score (nSPS) is 10.6. The summed E-state index contributed by atoms with van der Waals surface area (Å²) in [4.78, 5) is 9.10. The predicted octanol–water partition coefficient (Wildman–Crippen LogP) is 4.38. The molecule has 0 saturated heterocycles. The highest BCUT2D eigenvalue weighted by Gasteiger charge is 2.06. The molecule has 4 rings (SSSR count). The molecule has 0 aliphatic carbocycles. The molecule has 0 spiro atoms. The molecule has 0 atom stereocenters. The minimum atomic E-state index is 0.714. The van der Waals surface area contributed by atoms with Gasteiger partial charge in [0.1, 0.15) is 5.69 Å². The lowest BCUT2D eigenvalue weighted by Crippen LogP contribution is -1.92. The van der Waals surface area contributed by atoms with E-state index in [4.69, 9.17) is 5.73 Å². The summed E-state index contributed by atoms with van der Waals surface area (Å²) in [6.45, 7) is 4.15. The van der Waals surface area contributed by atoms with Gasteiger partial charge in [0, 0.05) is 22.0 Å². The Hall–Kier alpha value is -3.38. The standard InChI is InChI=1S/C22H17N3/c1-14-6-7-16(15(2)12-14)8-9-17-10-11-18-21(25-17)13-24-20-5-3-4-19(23)22(18)20/h3-7,10-13H,23H2,1-2H3. The topological polar surface area (TPSA) is 51.8 Å². The van der Waals surface area contributed by atoms with Crippen LogP contribution < -0.4 is 5.73 Å². The fraction of sp³-hybridized carbons (Fsp3) is 0.0909. The Morgan fingerprint density at radius 3 is 2.64 bits per heavy atom. The molecule has 2 aromatic carbocycles. The van der Waals surface area contributed by atoms with E-state index >= 15 is 0 Å². The number of anilines is 1. The van der Waals surface area contributed by atoms with E-state index in [1.807, 2.05) is 30.3 Å². The van der Waals surface area contributed by atoms with Crippen LogP contribution in [0.1, 0.15) is 22.4 Å². The van der Waals surface area contributed by atoms with E-state index in [9.17, 15) is 0 Å². The van der Waals surface area contributed by atoms with Crippen LogP contribution in [0.3, 0.4) is 0 Å². The Kier molecular flexibility index (Phi) is 3.59. The molecule has 0 saturated carbocycles. The number of aryl methyl sites for hydroxylation is 2. The van der Waals surface area contributed by atoms with E-state index in [0.29, 0.717) is 5.69 Å². The van der Waals surface area contributed by atoms with Gasteiger partial charge in [0.2, 0.25) is 0 Å². The van der Waals surface area contributed by atoms with Crippen molar-refractivity contribution < 1.29 is 0 Å². The van der Waals surface area contributed by atoms with Crippen molar-refractivity contribution in [1.82, 2.24) is 9.97 Å². The van der Waals surface area contributed by atoms with E-state index < -0.39 is 0 Å². The van der Waals surface area contributed by atoms with Crippen LogP contribution in [0.4, 0.5) is 5.69 Å². The van der Waals surface area contributed by atoms with Crippen molar-refractivity contribution in [3.05, 3.63) is 77.1 Å². The van der Waals surface area contributed by atoms with Gasteiger partial charge in [-0.2, -0.15) is 0 Å². The molecule has 2 aromatic heterocycles. The third-order valence-corrected chi connectivity index (χ3v) is 4.30. The smallest absolute Gasteiger partial charge is 0.114 e. The maximum Gasteiger partial charge on any atom is 0.114 e. The minimum absolute atomic E-state index is 0.714. The molecule has 0 radical (unpaired) electrons.